The lowest BCUT2D eigenvalue weighted by Crippen LogP contribution is -2.09. The van der Waals surface area contributed by atoms with Gasteiger partial charge in [0.25, 0.3) is 0 Å². The van der Waals surface area contributed by atoms with Gasteiger partial charge in [-0.1, -0.05) is 0 Å². The van der Waals surface area contributed by atoms with E-state index in [2.05, 4.69) is 0 Å². The van der Waals surface area contributed by atoms with Gasteiger partial charge in [-0.15, -0.1) is 0 Å². The molecule has 0 aromatic rings. The molecule has 64 valence electrons. The summed E-state index contributed by atoms with van der Waals surface area (Å²) in [7, 11) is 1.00. The second-order valence-electron chi connectivity index (χ2n) is 0.834. The lowest BCUT2D eigenvalue weighted by molar-refractivity contribution is -0.159. The fourth-order valence-electron chi connectivity index (χ4n) is 0. The molecule has 0 heterocycles. The van der Waals surface area contributed by atoms with Crippen molar-refractivity contribution in [1.29, 1.82) is 5.26 Å². The van der Waals surface area contributed by atoms with Gasteiger partial charge >= 0.3 is 11.9 Å². The van der Waals surface area contributed by atoms with Crippen molar-refractivity contribution >= 4 is 11.9 Å². The molecule has 0 amide bonds. The molecule has 6 heteroatoms. The van der Waals surface area contributed by atoms with Gasteiger partial charge < -0.3 is 15.3 Å². The van der Waals surface area contributed by atoms with Gasteiger partial charge in [0.05, 0.1) is 6.07 Å². The van der Waals surface area contributed by atoms with Crippen molar-refractivity contribution < 1.29 is 24.9 Å². The molecule has 0 saturated heterocycles. The molecule has 0 atom stereocenters. The van der Waals surface area contributed by atoms with Crippen LogP contribution in [0.3, 0.4) is 0 Å². The van der Waals surface area contributed by atoms with Crippen molar-refractivity contribution in [3.63, 3.8) is 0 Å². The minimum absolute atomic E-state index is 1.00. The number of carbonyl (C=O) groups is 2. The molecule has 0 aliphatic heterocycles. The van der Waals surface area contributed by atoms with Gasteiger partial charge in [0.2, 0.25) is 0 Å². The number of hydrogen-bond acceptors (Lipinski definition) is 4. The van der Waals surface area contributed by atoms with E-state index in [1.54, 1.807) is 6.07 Å². The molecule has 6 nitrogen and oxygen atoms in total. The predicted octanol–water partition coefficient (Wildman–Crippen LogP) is -0.706. The number of aliphatic hydroxyl groups is 1. The lowest BCUT2D eigenvalue weighted by Gasteiger charge is -1.72. The smallest absolute Gasteiger partial charge is 0.414 e. The number of carboxylic acids is 2. The molecule has 0 rings (SSSR count). The summed E-state index contributed by atoms with van der Waals surface area (Å²) < 4.78 is 0. The van der Waals surface area contributed by atoms with Crippen molar-refractivity contribution in [2.75, 3.05) is 7.11 Å². The van der Waals surface area contributed by atoms with Crippen LogP contribution >= 0.6 is 0 Å². The van der Waals surface area contributed by atoms with Gasteiger partial charge in [-0.3, -0.25) is 0 Å². The van der Waals surface area contributed by atoms with Crippen molar-refractivity contribution in [2.24, 2.45) is 0 Å². The Morgan fingerprint density at radius 1 is 1.18 bits per heavy atom. The molecule has 0 unspecified atom stereocenters. The van der Waals surface area contributed by atoms with E-state index in [1.165, 1.54) is 6.92 Å². The summed E-state index contributed by atoms with van der Waals surface area (Å²) in [6.45, 7) is 1.43. The molecule has 0 spiro atoms. The number of aliphatic hydroxyl groups excluding tert-OH is 1. The fraction of sp³-hybridized carbons (Fsp3) is 0.400. The summed E-state index contributed by atoms with van der Waals surface area (Å²) in [5.41, 5.74) is 0. The summed E-state index contributed by atoms with van der Waals surface area (Å²) in [4.78, 5) is 18.2. The van der Waals surface area contributed by atoms with Crippen LogP contribution < -0.4 is 0 Å². The summed E-state index contributed by atoms with van der Waals surface area (Å²) >= 11 is 0. The largest absolute Gasteiger partial charge is 0.473 e. The molecule has 0 fully saturated rings. The van der Waals surface area contributed by atoms with Gasteiger partial charge in [-0.2, -0.15) is 5.26 Å². The van der Waals surface area contributed by atoms with E-state index in [1.807, 2.05) is 0 Å². The zero-order chi connectivity index (χ0) is 9.86. The second-order valence-corrected chi connectivity index (χ2v) is 0.834. The maximum Gasteiger partial charge on any atom is 0.414 e. The van der Waals surface area contributed by atoms with Gasteiger partial charge in [-0.25, -0.2) is 9.59 Å². The predicted molar refractivity (Wildman–Crippen MR) is 34.7 cm³/mol. The van der Waals surface area contributed by atoms with Gasteiger partial charge in [0.15, 0.2) is 0 Å². The lowest BCUT2D eigenvalue weighted by atomic mass is 10.7. The Morgan fingerprint density at radius 3 is 1.27 bits per heavy atom. The van der Waals surface area contributed by atoms with Crippen LogP contribution in [-0.4, -0.2) is 34.4 Å². The number of rotatable bonds is 0. The van der Waals surface area contributed by atoms with E-state index >= 15 is 0 Å². The monoisotopic (exact) mass is 163 g/mol. The maximum absolute atomic E-state index is 9.10. The van der Waals surface area contributed by atoms with Gasteiger partial charge in [0.1, 0.15) is 0 Å². The molecule has 0 aliphatic rings. The third kappa shape index (κ3) is 60.0. The van der Waals surface area contributed by atoms with Crippen LogP contribution in [0, 0.1) is 11.3 Å². The Morgan fingerprint density at radius 2 is 1.27 bits per heavy atom. The molecular formula is C5H9NO5. The van der Waals surface area contributed by atoms with Gasteiger partial charge in [0, 0.05) is 14.0 Å². The van der Waals surface area contributed by atoms with E-state index in [0.717, 1.165) is 7.11 Å². The molecule has 0 radical (unpaired) electrons. The molecule has 3 N–H and O–H groups in total. The molecule has 0 bridgehead atoms. The normalized spacial score (nSPS) is 5.27. The number of carboxylic acid groups (broad SMARTS) is 2. The van der Waals surface area contributed by atoms with Crippen molar-refractivity contribution in [3.05, 3.63) is 0 Å². The molecule has 0 saturated carbocycles. The number of nitriles is 1. The van der Waals surface area contributed by atoms with Crippen LogP contribution in [0.4, 0.5) is 0 Å². The average Bonchev–Trinajstić information content (AvgIpc) is 1.93. The Bertz CT molecular complexity index is 135. The van der Waals surface area contributed by atoms with Crippen LogP contribution in [0.5, 0.6) is 0 Å². The highest BCUT2D eigenvalue weighted by molar-refractivity contribution is 6.27. The Kier molecular flexibility index (Phi) is 23.2. The highest BCUT2D eigenvalue weighted by Gasteiger charge is 2.04. The van der Waals surface area contributed by atoms with E-state index in [4.69, 9.17) is 30.2 Å². The van der Waals surface area contributed by atoms with Gasteiger partial charge in [-0.05, 0) is 0 Å². The first-order chi connectivity index (χ1) is 5.06. The van der Waals surface area contributed by atoms with E-state index in [0.29, 0.717) is 0 Å². The molecule has 0 aromatic heterocycles. The van der Waals surface area contributed by atoms with E-state index < -0.39 is 11.9 Å². The van der Waals surface area contributed by atoms with Crippen LogP contribution in [0.25, 0.3) is 0 Å². The number of nitrogens with zero attached hydrogens (tertiary/aromatic N) is 1. The van der Waals surface area contributed by atoms with Crippen molar-refractivity contribution in [3.8, 4) is 6.07 Å². The van der Waals surface area contributed by atoms with Crippen molar-refractivity contribution in [1.82, 2.24) is 0 Å². The van der Waals surface area contributed by atoms with Crippen LogP contribution in [0.15, 0.2) is 0 Å². The SMILES string of the molecule is CC#N.CO.O=C(O)C(=O)O. The molecular weight excluding hydrogens is 154 g/mol. The van der Waals surface area contributed by atoms with Crippen LogP contribution in [0.2, 0.25) is 0 Å². The standard InChI is InChI=1S/C2H3N.C2H2O4.CH4O/c1-2-3;3-1(4)2(5)6;1-2/h1H3;(H,3,4)(H,5,6);2H,1H3. The van der Waals surface area contributed by atoms with E-state index in [9.17, 15) is 0 Å². The first-order valence-corrected chi connectivity index (χ1v) is 2.28. The highest BCUT2D eigenvalue weighted by atomic mass is 16.4. The number of hydrogen-bond donors (Lipinski definition) is 3. The molecule has 0 aliphatic carbocycles. The summed E-state index contributed by atoms with van der Waals surface area (Å²) in [5.74, 6) is -3.65. The highest BCUT2D eigenvalue weighted by Crippen LogP contribution is 1.56. The first-order valence-electron chi connectivity index (χ1n) is 2.28. The number of aliphatic carboxylic acids is 2. The average molecular weight is 163 g/mol. The third-order valence-corrected chi connectivity index (χ3v) is 0.183. The minimum Gasteiger partial charge on any atom is -0.473 e. The zero-order valence-corrected chi connectivity index (χ0v) is 6.11. The molecule has 0 aromatic carbocycles. The summed E-state index contributed by atoms with van der Waals surface area (Å²) in [5, 5.41) is 29.1. The Labute approximate surface area is 63.3 Å². The Hall–Kier alpha value is -1.61. The fourth-order valence-corrected chi connectivity index (χ4v) is 0. The summed E-state index contributed by atoms with van der Waals surface area (Å²) in [6.07, 6.45) is 0. The zero-order valence-electron chi connectivity index (χ0n) is 6.11. The summed E-state index contributed by atoms with van der Waals surface area (Å²) in [6, 6.07) is 1.75. The minimum atomic E-state index is -1.82. The Balaban J connectivity index is -0.000000109. The topological polar surface area (TPSA) is 119 Å². The molecule has 11 heavy (non-hydrogen) atoms. The quantitative estimate of drug-likeness (QED) is 0.406. The second kappa shape index (κ2) is 15.8. The van der Waals surface area contributed by atoms with Crippen LogP contribution in [0.1, 0.15) is 6.92 Å². The van der Waals surface area contributed by atoms with E-state index in [-0.39, 0.29) is 0 Å². The maximum atomic E-state index is 9.10. The van der Waals surface area contributed by atoms with Crippen molar-refractivity contribution in [2.45, 2.75) is 6.92 Å². The first kappa shape index (κ1) is 16.2. The third-order valence-electron chi connectivity index (χ3n) is 0.183. The van der Waals surface area contributed by atoms with Crippen LogP contribution in [-0.2, 0) is 9.59 Å².